The number of ether oxygens (including phenoxy) is 3. The first-order chi connectivity index (χ1) is 48.1. The van der Waals surface area contributed by atoms with Crippen molar-refractivity contribution in [3.8, 4) is 46.3 Å². The quantitative estimate of drug-likeness (QED) is 0.0429. The van der Waals surface area contributed by atoms with Crippen molar-refractivity contribution in [2.45, 2.75) is 178 Å². The number of methoxy groups -OCH3 is 1. The molecule has 12 atom stereocenters. The molecular weight excluding hydrogens is 1240 g/mol. The van der Waals surface area contributed by atoms with Gasteiger partial charge in [0.1, 0.15) is 40.7 Å². The Bertz CT molecular complexity index is 4430. The number of H-pyrrole nitrogens is 1. The molecule has 514 valence electrons. The molecule has 3 fully saturated rings. The molecule has 15 nitrogen and oxygen atoms in total. The van der Waals surface area contributed by atoms with Crippen LogP contribution in [0.15, 0.2) is 145 Å². The summed E-state index contributed by atoms with van der Waals surface area (Å²) in [6, 6.07) is 19.6. The molecule has 99 heavy (non-hydrogen) atoms. The van der Waals surface area contributed by atoms with Gasteiger partial charge in [-0.3, -0.25) is 14.4 Å². The molecule has 6 aromatic rings. The van der Waals surface area contributed by atoms with Gasteiger partial charge in [-0.05, 0) is 207 Å². The third kappa shape index (κ3) is 11.8. The van der Waals surface area contributed by atoms with E-state index < -0.39 is 46.9 Å². The monoisotopic (exact) mass is 1330 g/mol. The van der Waals surface area contributed by atoms with E-state index in [1.807, 2.05) is 24.3 Å². The maximum absolute atomic E-state index is 16.0. The van der Waals surface area contributed by atoms with Crippen LogP contribution in [0.5, 0.6) is 34.5 Å². The summed E-state index contributed by atoms with van der Waals surface area (Å²) in [5, 5.41) is 65.4. The second kappa shape index (κ2) is 26.1. The highest BCUT2D eigenvalue weighted by molar-refractivity contribution is 6.01. The van der Waals surface area contributed by atoms with E-state index in [4.69, 9.17) is 14.2 Å². The molecule has 4 aliphatic heterocycles. The Morgan fingerprint density at radius 3 is 2.60 bits per heavy atom. The van der Waals surface area contributed by atoms with Gasteiger partial charge in [0.25, 0.3) is 0 Å². The molecule has 3 saturated carbocycles. The van der Waals surface area contributed by atoms with Crippen LogP contribution in [0.1, 0.15) is 198 Å². The van der Waals surface area contributed by atoms with Gasteiger partial charge in [-0.15, -0.1) is 0 Å². The third-order valence-electron chi connectivity index (χ3n) is 25.2. The van der Waals surface area contributed by atoms with Gasteiger partial charge < -0.3 is 59.5 Å². The number of aromatic hydroxyl groups is 3. The van der Waals surface area contributed by atoms with Crippen LogP contribution in [-0.2, 0) is 32.0 Å². The number of aromatic nitrogens is 2. The first-order valence-electron chi connectivity index (χ1n) is 36.6. The van der Waals surface area contributed by atoms with Crippen molar-refractivity contribution in [1.82, 2.24) is 14.9 Å². The van der Waals surface area contributed by atoms with Crippen LogP contribution in [-0.4, -0.2) is 85.5 Å². The van der Waals surface area contributed by atoms with Gasteiger partial charge in [-0.25, -0.2) is 0 Å². The van der Waals surface area contributed by atoms with Crippen molar-refractivity contribution < 1.29 is 54.1 Å². The van der Waals surface area contributed by atoms with Gasteiger partial charge >= 0.3 is 5.97 Å². The fourth-order valence-electron chi connectivity index (χ4n) is 20.8. The largest absolute Gasteiger partial charge is 0.508 e. The minimum absolute atomic E-state index is 0.000186. The van der Waals surface area contributed by atoms with E-state index in [1.165, 1.54) is 25.7 Å². The fraction of sp³-hybridized carbons (Fsp3) is 0.464. The Balaban J connectivity index is 0.930. The third-order valence-corrected chi connectivity index (χ3v) is 25.2. The zero-order valence-electron chi connectivity index (χ0n) is 56.9. The maximum Gasteiger partial charge on any atom is 0.302 e. The molecule has 0 saturated heterocycles. The number of ketones is 2. The fourth-order valence-corrected chi connectivity index (χ4v) is 20.8. The van der Waals surface area contributed by atoms with Crippen LogP contribution >= 0.6 is 0 Å². The van der Waals surface area contributed by atoms with E-state index in [-0.39, 0.29) is 95.3 Å². The number of nitrogens with zero attached hydrogens (tertiary/aromatic N) is 2. The Morgan fingerprint density at radius 1 is 0.889 bits per heavy atom. The molecule has 7 aliphatic carbocycles. The lowest BCUT2D eigenvalue weighted by Crippen LogP contribution is -2.41. The first-order valence-corrected chi connectivity index (χ1v) is 36.6. The normalized spacial score (nSPS) is 30.1. The highest BCUT2D eigenvalue weighted by Gasteiger charge is 2.57. The molecule has 14 bridgehead atoms. The molecule has 11 aliphatic rings. The van der Waals surface area contributed by atoms with Crippen LogP contribution in [0, 0.1) is 51.8 Å². The number of benzene rings is 4. The highest BCUT2D eigenvalue weighted by atomic mass is 16.5. The lowest BCUT2D eigenvalue weighted by molar-refractivity contribution is -0.148. The van der Waals surface area contributed by atoms with Crippen LogP contribution in [0.4, 0.5) is 5.69 Å². The summed E-state index contributed by atoms with van der Waals surface area (Å²) in [5.74, 6) is 7.97. The number of hydrogen-bond donors (Lipinski definition) is 7. The van der Waals surface area contributed by atoms with Crippen molar-refractivity contribution >= 4 is 34.0 Å². The number of aryl methyl sites for hydroxylation is 1. The number of dihydropyridines is 1. The summed E-state index contributed by atoms with van der Waals surface area (Å²) < 4.78 is 21.4. The van der Waals surface area contributed by atoms with E-state index in [2.05, 4.69) is 111 Å². The summed E-state index contributed by atoms with van der Waals surface area (Å²) in [6.07, 6.45) is 35.0. The number of aliphatic hydroxyl groups excluding tert-OH is 2. The Kier molecular flexibility index (Phi) is 17.1. The molecular formula is C84H92N4O11. The molecule has 15 heteroatoms. The number of aliphatic hydroxyl groups is 2. The topological polar surface area (TPSA) is 216 Å². The molecule has 0 amide bonds. The number of rotatable bonds is 8. The highest BCUT2D eigenvalue weighted by Crippen LogP contribution is 2.67. The van der Waals surface area contributed by atoms with Gasteiger partial charge in [-0.1, -0.05) is 84.9 Å². The molecule has 4 aromatic carbocycles. The lowest BCUT2D eigenvalue weighted by Gasteiger charge is -2.50. The number of fused-ring (bicyclic) bond motifs is 6. The second-order valence-electron chi connectivity index (χ2n) is 31.0. The Labute approximate surface area is 579 Å². The number of carbonyl (C=O) groups excluding carboxylic acids is 3. The van der Waals surface area contributed by atoms with Gasteiger partial charge in [0.2, 0.25) is 5.75 Å². The van der Waals surface area contributed by atoms with Crippen LogP contribution in [0.3, 0.4) is 0 Å². The minimum Gasteiger partial charge on any atom is -0.508 e. The van der Waals surface area contributed by atoms with Gasteiger partial charge in [-0.2, -0.15) is 0 Å². The molecule has 12 unspecified atom stereocenters. The number of hydrogen-bond acceptors (Lipinski definition) is 13. The summed E-state index contributed by atoms with van der Waals surface area (Å²) in [4.78, 5) is 50.1. The molecule has 17 rings (SSSR count). The number of anilines is 1. The number of aromatic amines is 1. The number of nitrogens with one attached hydrogen (secondary N) is 2. The van der Waals surface area contributed by atoms with Crippen LogP contribution in [0.2, 0.25) is 0 Å². The van der Waals surface area contributed by atoms with Crippen molar-refractivity contribution in [3.05, 3.63) is 184 Å². The summed E-state index contributed by atoms with van der Waals surface area (Å²) in [6.45, 7) is 2.24. The SMILES string of the molecule is COc1cc2cc(O)c1Oc1cc(O)cc(c1)CCC(CO)CC1CCC3(CCC4(Cc5c6c(ccc7c6cn5C2CC(=O)CC(OC(C)=O)CCC25C6=CC=CC2CC=CC5c2c[nH]cc2C(C#CC6)C(c2cccc(O)c2)C2=CCNC(=C2)N7CCC(=O)C2CCCC2)C4O)C3)C1. The summed E-state index contributed by atoms with van der Waals surface area (Å²) in [5.41, 5.74) is 8.08. The van der Waals surface area contributed by atoms with E-state index in [9.17, 15) is 35.1 Å². The predicted molar refractivity (Wildman–Crippen MR) is 380 cm³/mol. The summed E-state index contributed by atoms with van der Waals surface area (Å²) in [7, 11) is 1.51. The zero-order chi connectivity index (χ0) is 67.9. The molecule has 3 spiro atoms. The van der Waals surface area contributed by atoms with Crippen molar-refractivity contribution in [2.75, 3.05) is 31.7 Å². The van der Waals surface area contributed by atoms with E-state index >= 15 is 4.79 Å². The first kappa shape index (κ1) is 64.9. The number of carbonyl (C=O) groups is 3. The lowest BCUT2D eigenvalue weighted by atomic mass is 9.53. The van der Waals surface area contributed by atoms with Crippen molar-refractivity contribution in [1.29, 1.82) is 0 Å². The van der Waals surface area contributed by atoms with Crippen LogP contribution in [0.25, 0.3) is 10.8 Å². The number of allylic oxidation sites excluding steroid dienone is 8. The molecule has 7 N–H and O–H groups in total. The van der Waals surface area contributed by atoms with Gasteiger partial charge in [0, 0.05) is 122 Å². The molecule has 0 radical (unpaired) electrons. The van der Waals surface area contributed by atoms with E-state index in [0.29, 0.717) is 68.8 Å². The molecule has 6 heterocycles. The number of Topliss-reactive ketones (excluding diaryl/α,β-unsaturated/α-hetero) is 2. The Hall–Kier alpha value is -8.71. The Morgan fingerprint density at radius 2 is 1.76 bits per heavy atom. The van der Waals surface area contributed by atoms with Crippen molar-refractivity contribution in [3.63, 3.8) is 0 Å². The minimum atomic E-state index is -0.841. The smallest absolute Gasteiger partial charge is 0.302 e. The van der Waals surface area contributed by atoms with Crippen molar-refractivity contribution in [2.24, 2.45) is 39.9 Å². The standard InChI is InChI=1S/C84H92N4O11/c1-50(90)98-63-24-28-84-58-12-6-13-59(84)15-8-18-70(84)68-46-85-45-67(68)65(17-7-14-58)78(55-11-5-16-60(91)36-55)56-25-31-86-77(39-56)87(32-26-74(94)54-9-3-4-10-54)71-22-21-66-79-69(71)47-88-72(42-62(93)40-63)57-37-75(95)80(76(38-57)97-2)99-64-35-51(34-61(92)41-64)19-20-53(48-89)33-52-23-27-82(43-52)29-30-83(49-82,81(66)96)44-73(79)88/h5-6,8,11-13,16,18,21-22,25,34-39,41,45-47,52-54,59,63,65,70,72,78,81,85-86,89,91-92,95-96H,3-4,9-10,14-15,19-20,23-24,26-33,40,42-44,48-49H2,1-2H3. The average Bonchev–Trinajstić information content (AvgIpc) is 1.59. The van der Waals surface area contributed by atoms with Gasteiger partial charge in [0.05, 0.1) is 30.9 Å². The number of phenolic OH excluding ortho intramolecular Hbond substituents is 3. The second-order valence-corrected chi connectivity index (χ2v) is 31.0. The number of phenols is 3. The number of esters is 1. The maximum atomic E-state index is 16.0. The zero-order valence-corrected chi connectivity index (χ0v) is 56.9. The predicted octanol–water partition coefficient (Wildman–Crippen LogP) is 15.5. The van der Waals surface area contributed by atoms with E-state index in [1.54, 1.807) is 18.2 Å². The summed E-state index contributed by atoms with van der Waals surface area (Å²) >= 11 is 0. The van der Waals surface area contributed by atoms with Gasteiger partial charge in [0.15, 0.2) is 11.5 Å². The van der Waals surface area contributed by atoms with E-state index in [0.717, 1.165) is 138 Å². The average molecular weight is 1330 g/mol. The molecule has 2 aromatic heterocycles. The van der Waals surface area contributed by atoms with Crippen LogP contribution < -0.4 is 19.7 Å².